The Morgan fingerprint density at radius 3 is 2.58 bits per heavy atom. The molecule has 3 nitrogen and oxygen atoms in total. The molecule has 98 valence electrons. The molecule has 0 saturated heterocycles. The van der Waals surface area contributed by atoms with Gasteiger partial charge in [-0.05, 0) is 48.7 Å². The topological polar surface area (TPSA) is 46.5 Å². The van der Waals surface area contributed by atoms with E-state index >= 15 is 0 Å². The Labute approximate surface area is 112 Å². The fourth-order valence-electron chi connectivity index (χ4n) is 1.93. The summed E-state index contributed by atoms with van der Waals surface area (Å²) in [4.78, 5) is 10.9. The number of carboxylic acids is 1. The summed E-state index contributed by atoms with van der Waals surface area (Å²) in [5.74, 6) is -0.0800. The van der Waals surface area contributed by atoms with Gasteiger partial charge in [0.2, 0.25) is 0 Å². The molecule has 0 spiro atoms. The Morgan fingerprint density at radius 2 is 1.95 bits per heavy atom. The number of aryl methyl sites for hydroxylation is 2. The van der Waals surface area contributed by atoms with Crippen LogP contribution in [-0.4, -0.2) is 11.1 Å². The van der Waals surface area contributed by atoms with Crippen LogP contribution >= 0.6 is 0 Å². The van der Waals surface area contributed by atoms with E-state index in [9.17, 15) is 4.79 Å². The molecule has 0 radical (unpaired) electrons. The lowest BCUT2D eigenvalue weighted by Gasteiger charge is -2.08. The highest BCUT2D eigenvalue weighted by molar-refractivity contribution is 5.89. The zero-order chi connectivity index (χ0) is 13.8. The Kier molecular flexibility index (Phi) is 3.85. The molecular weight excluding hydrogens is 240 g/mol. The van der Waals surface area contributed by atoms with Crippen molar-refractivity contribution in [2.24, 2.45) is 0 Å². The maximum absolute atomic E-state index is 10.9. The third-order valence-corrected chi connectivity index (χ3v) is 2.92. The smallest absolute Gasteiger partial charge is 0.335 e. The van der Waals surface area contributed by atoms with Crippen LogP contribution in [0, 0.1) is 13.8 Å². The van der Waals surface area contributed by atoms with E-state index in [0.29, 0.717) is 12.2 Å². The van der Waals surface area contributed by atoms with Gasteiger partial charge >= 0.3 is 5.97 Å². The van der Waals surface area contributed by atoms with E-state index in [1.165, 1.54) is 0 Å². The summed E-state index contributed by atoms with van der Waals surface area (Å²) in [6.45, 7) is 4.24. The summed E-state index contributed by atoms with van der Waals surface area (Å²) < 4.78 is 5.68. The third kappa shape index (κ3) is 3.35. The van der Waals surface area contributed by atoms with Gasteiger partial charge in [-0.15, -0.1) is 0 Å². The molecule has 0 aliphatic heterocycles. The SMILES string of the molecule is Cc1cccc(OCc2ccc(C(=O)O)c(C)c2)c1. The number of carboxylic acid groups (broad SMARTS) is 1. The van der Waals surface area contributed by atoms with Gasteiger partial charge in [0.15, 0.2) is 0 Å². The molecule has 0 saturated carbocycles. The van der Waals surface area contributed by atoms with Crippen LogP contribution in [0.5, 0.6) is 5.75 Å². The van der Waals surface area contributed by atoms with Crippen LogP contribution in [0.2, 0.25) is 0 Å². The monoisotopic (exact) mass is 256 g/mol. The first-order valence-corrected chi connectivity index (χ1v) is 6.08. The lowest BCUT2D eigenvalue weighted by atomic mass is 10.1. The predicted octanol–water partition coefficient (Wildman–Crippen LogP) is 3.58. The highest BCUT2D eigenvalue weighted by atomic mass is 16.5. The van der Waals surface area contributed by atoms with Gasteiger partial charge in [-0.25, -0.2) is 4.79 Å². The van der Waals surface area contributed by atoms with Gasteiger partial charge in [0, 0.05) is 0 Å². The van der Waals surface area contributed by atoms with Gasteiger partial charge in [0.1, 0.15) is 12.4 Å². The molecule has 0 unspecified atom stereocenters. The second-order valence-corrected chi connectivity index (χ2v) is 4.56. The number of carbonyl (C=O) groups is 1. The normalized spacial score (nSPS) is 10.2. The van der Waals surface area contributed by atoms with Crippen LogP contribution in [0.15, 0.2) is 42.5 Å². The van der Waals surface area contributed by atoms with E-state index < -0.39 is 5.97 Å². The molecule has 2 aromatic carbocycles. The highest BCUT2D eigenvalue weighted by Gasteiger charge is 2.07. The van der Waals surface area contributed by atoms with Crippen LogP contribution < -0.4 is 4.74 Å². The minimum atomic E-state index is -0.899. The van der Waals surface area contributed by atoms with E-state index in [1.54, 1.807) is 19.1 Å². The lowest BCUT2D eigenvalue weighted by molar-refractivity contribution is 0.0696. The number of hydrogen-bond donors (Lipinski definition) is 1. The standard InChI is InChI=1S/C16H16O3/c1-11-4-3-5-14(8-11)19-10-13-6-7-15(16(17)18)12(2)9-13/h3-9H,10H2,1-2H3,(H,17,18). The number of ether oxygens (including phenoxy) is 1. The van der Waals surface area contributed by atoms with E-state index in [4.69, 9.17) is 9.84 Å². The fourth-order valence-corrected chi connectivity index (χ4v) is 1.93. The van der Waals surface area contributed by atoms with Crippen molar-refractivity contribution in [2.75, 3.05) is 0 Å². The summed E-state index contributed by atoms with van der Waals surface area (Å²) in [6, 6.07) is 13.1. The quantitative estimate of drug-likeness (QED) is 0.909. The van der Waals surface area contributed by atoms with Crippen LogP contribution in [0.1, 0.15) is 27.0 Å². The van der Waals surface area contributed by atoms with Crippen molar-refractivity contribution in [3.8, 4) is 5.75 Å². The minimum absolute atomic E-state index is 0.333. The van der Waals surface area contributed by atoms with Gasteiger partial charge < -0.3 is 9.84 Å². The van der Waals surface area contributed by atoms with E-state index in [1.807, 2.05) is 37.3 Å². The van der Waals surface area contributed by atoms with E-state index in [0.717, 1.165) is 22.4 Å². The Hall–Kier alpha value is -2.29. The summed E-state index contributed by atoms with van der Waals surface area (Å²) in [5.41, 5.74) is 3.19. The van der Waals surface area contributed by atoms with Gasteiger partial charge in [0.05, 0.1) is 5.56 Å². The number of hydrogen-bond acceptors (Lipinski definition) is 2. The van der Waals surface area contributed by atoms with E-state index in [-0.39, 0.29) is 0 Å². The predicted molar refractivity (Wildman–Crippen MR) is 73.6 cm³/mol. The molecule has 0 atom stereocenters. The molecular formula is C16H16O3. The molecule has 0 aliphatic rings. The summed E-state index contributed by atoms with van der Waals surface area (Å²) in [5, 5.41) is 8.96. The molecule has 19 heavy (non-hydrogen) atoms. The average molecular weight is 256 g/mol. The molecule has 0 fully saturated rings. The first-order valence-electron chi connectivity index (χ1n) is 6.08. The van der Waals surface area contributed by atoms with Gasteiger partial charge in [-0.3, -0.25) is 0 Å². The van der Waals surface area contributed by atoms with Crippen molar-refractivity contribution in [3.63, 3.8) is 0 Å². The van der Waals surface area contributed by atoms with Crippen molar-refractivity contribution in [2.45, 2.75) is 20.5 Å². The molecule has 0 heterocycles. The summed E-state index contributed by atoms with van der Waals surface area (Å²) in [7, 11) is 0. The lowest BCUT2D eigenvalue weighted by Crippen LogP contribution is -2.02. The maximum Gasteiger partial charge on any atom is 0.335 e. The van der Waals surface area contributed by atoms with E-state index in [2.05, 4.69) is 0 Å². The third-order valence-electron chi connectivity index (χ3n) is 2.92. The van der Waals surface area contributed by atoms with Crippen LogP contribution in [0.4, 0.5) is 0 Å². The average Bonchev–Trinajstić information content (AvgIpc) is 2.36. The largest absolute Gasteiger partial charge is 0.489 e. The number of benzene rings is 2. The number of rotatable bonds is 4. The molecule has 0 amide bonds. The molecule has 0 aliphatic carbocycles. The highest BCUT2D eigenvalue weighted by Crippen LogP contribution is 2.16. The van der Waals surface area contributed by atoms with Gasteiger partial charge in [-0.1, -0.05) is 24.3 Å². The van der Waals surface area contributed by atoms with Crippen molar-refractivity contribution in [3.05, 3.63) is 64.7 Å². The van der Waals surface area contributed by atoms with Crippen LogP contribution in [0.25, 0.3) is 0 Å². The van der Waals surface area contributed by atoms with Crippen LogP contribution in [-0.2, 0) is 6.61 Å². The van der Waals surface area contributed by atoms with Crippen molar-refractivity contribution in [1.29, 1.82) is 0 Å². The molecule has 3 heteroatoms. The maximum atomic E-state index is 10.9. The van der Waals surface area contributed by atoms with Crippen molar-refractivity contribution >= 4 is 5.97 Å². The zero-order valence-corrected chi connectivity index (χ0v) is 11.0. The van der Waals surface area contributed by atoms with Gasteiger partial charge in [0.25, 0.3) is 0 Å². The Balaban J connectivity index is 2.08. The first-order chi connectivity index (χ1) is 9.06. The van der Waals surface area contributed by atoms with Gasteiger partial charge in [-0.2, -0.15) is 0 Å². The molecule has 0 aromatic heterocycles. The zero-order valence-electron chi connectivity index (χ0n) is 11.0. The van der Waals surface area contributed by atoms with Crippen molar-refractivity contribution < 1.29 is 14.6 Å². The Morgan fingerprint density at radius 1 is 1.16 bits per heavy atom. The summed E-state index contributed by atoms with van der Waals surface area (Å²) in [6.07, 6.45) is 0. The van der Waals surface area contributed by atoms with Crippen molar-refractivity contribution in [1.82, 2.24) is 0 Å². The summed E-state index contributed by atoms with van der Waals surface area (Å²) >= 11 is 0. The fraction of sp³-hybridized carbons (Fsp3) is 0.188. The number of aromatic carboxylic acids is 1. The first kappa shape index (κ1) is 13.1. The molecule has 1 N–H and O–H groups in total. The Bertz CT molecular complexity index is 603. The molecule has 0 bridgehead atoms. The second kappa shape index (κ2) is 5.57. The second-order valence-electron chi connectivity index (χ2n) is 4.56. The minimum Gasteiger partial charge on any atom is -0.489 e. The molecule has 2 rings (SSSR count). The van der Waals surface area contributed by atoms with Crippen LogP contribution in [0.3, 0.4) is 0 Å². The molecule has 2 aromatic rings.